The van der Waals surface area contributed by atoms with Crippen LogP contribution >= 0.6 is 23.4 Å². The number of benzene rings is 3. The van der Waals surface area contributed by atoms with Crippen molar-refractivity contribution in [3.05, 3.63) is 135 Å². The Labute approximate surface area is 265 Å². The molecule has 0 fully saturated rings. The molecule has 5 aromatic rings. The zero-order valence-electron chi connectivity index (χ0n) is 24.6. The van der Waals surface area contributed by atoms with Crippen molar-refractivity contribution in [1.82, 2.24) is 24.2 Å². The van der Waals surface area contributed by atoms with E-state index in [1.165, 1.54) is 23.9 Å². The summed E-state index contributed by atoms with van der Waals surface area (Å²) in [6.07, 6.45) is 4.96. The van der Waals surface area contributed by atoms with Crippen LogP contribution in [0.4, 0.5) is 4.39 Å². The number of nitrogens with zero attached hydrogens (tertiary/aromatic N) is 5. The van der Waals surface area contributed by atoms with Crippen molar-refractivity contribution < 1.29 is 9.18 Å². The Hall–Kier alpha value is -4.21. The Morgan fingerprint density at radius 3 is 2.27 bits per heavy atom. The van der Waals surface area contributed by atoms with Crippen LogP contribution < -0.4 is 5.56 Å². The number of aromatic nitrogens is 4. The number of carbonyl (C=O) groups is 1. The summed E-state index contributed by atoms with van der Waals surface area (Å²) in [6.45, 7) is 1.02. The molecule has 0 saturated carbocycles. The van der Waals surface area contributed by atoms with Crippen molar-refractivity contribution in [2.75, 3.05) is 7.05 Å². The van der Waals surface area contributed by atoms with E-state index in [0.29, 0.717) is 53.8 Å². The molecular weight excluding hydrogens is 597 g/mol. The number of thioether (sulfide) groups is 1. The third-order valence-electron chi connectivity index (χ3n) is 7.22. The zero-order chi connectivity index (χ0) is 31.1. The predicted octanol–water partition coefficient (Wildman–Crippen LogP) is 6.76. The minimum absolute atomic E-state index is 0.0370. The number of halogens is 2. The number of amides is 1. The van der Waals surface area contributed by atoms with E-state index in [0.717, 1.165) is 27.9 Å². The maximum atomic E-state index is 13.4. The van der Waals surface area contributed by atoms with E-state index in [-0.39, 0.29) is 17.3 Å². The van der Waals surface area contributed by atoms with Crippen LogP contribution in [0.3, 0.4) is 0 Å². The van der Waals surface area contributed by atoms with Gasteiger partial charge in [-0.3, -0.25) is 14.3 Å². The first-order valence-electron chi connectivity index (χ1n) is 14.3. The second-order valence-corrected chi connectivity index (χ2v) is 12.1. The second kappa shape index (κ2) is 14.5. The Bertz CT molecular complexity index is 1770. The molecule has 0 radical (unpaired) electrons. The lowest BCUT2D eigenvalue weighted by atomic mass is 10.0. The summed E-state index contributed by atoms with van der Waals surface area (Å²) in [6, 6.07) is 24.0. The molecule has 44 heavy (non-hydrogen) atoms. The smallest absolute Gasteiger partial charge is 0.277 e. The minimum Gasteiger partial charge on any atom is -0.341 e. The van der Waals surface area contributed by atoms with Crippen molar-refractivity contribution in [1.29, 1.82) is 0 Å². The molecule has 0 N–H and O–H groups in total. The van der Waals surface area contributed by atoms with Gasteiger partial charge in [-0.25, -0.2) is 4.39 Å². The second-order valence-electron chi connectivity index (χ2n) is 10.7. The fourth-order valence-electron chi connectivity index (χ4n) is 4.80. The number of rotatable bonds is 12. The lowest BCUT2D eigenvalue weighted by Crippen LogP contribution is -2.26. The molecule has 0 saturated heterocycles. The summed E-state index contributed by atoms with van der Waals surface area (Å²) < 4.78 is 17.0. The quantitative estimate of drug-likeness (QED) is 0.113. The zero-order valence-corrected chi connectivity index (χ0v) is 26.2. The first kappa shape index (κ1) is 31.2. The molecule has 0 unspecified atom stereocenters. The number of hydrogen-bond donors (Lipinski definition) is 0. The van der Waals surface area contributed by atoms with Gasteiger partial charge in [-0.15, -0.1) is 0 Å². The number of aryl methyl sites for hydroxylation is 2. The van der Waals surface area contributed by atoms with Gasteiger partial charge >= 0.3 is 0 Å². The molecule has 2 aromatic heterocycles. The van der Waals surface area contributed by atoms with Gasteiger partial charge < -0.3 is 9.47 Å². The van der Waals surface area contributed by atoms with E-state index in [2.05, 4.69) is 10.1 Å². The molecule has 3 aromatic carbocycles. The highest BCUT2D eigenvalue weighted by molar-refractivity contribution is 7.98. The monoisotopic (exact) mass is 629 g/mol. The van der Waals surface area contributed by atoms with E-state index >= 15 is 0 Å². The van der Waals surface area contributed by atoms with Crippen LogP contribution in [0.25, 0.3) is 11.1 Å². The van der Waals surface area contributed by atoms with Gasteiger partial charge in [0.25, 0.3) is 5.56 Å². The average molecular weight is 630 g/mol. The third-order valence-corrected chi connectivity index (χ3v) is 8.53. The van der Waals surface area contributed by atoms with Crippen molar-refractivity contribution >= 4 is 29.3 Å². The van der Waals surface area contributed by atoms with Crippen molar-refractivity contribution in [3.63, 3.8) is 0 Å². The number of carbonyl (C=O) groups excluding carboxylic acids is 1. The van der Waals surface area contributed by atoms with E-state index < -0.39 is 0 Å². The fraction of sp³-hybridized carbons (Fsp3) is 0.235. The summed E-state index contributed by atoms with van der Waals surface area (Å²) in [5.41, 5.74) is 5.16. The predicted molar refractivity (Wildman–Crippen MR) is 173 cm³/mol. The summed E-state index contributed by atoms with van der Waals surface area (Å²) in [4.78, 5) is 32.1. The maximum Gasteiger partial charge on any atom is 0.277 e. The van der Waals surface area contributed by atoms with Crippen LogP contribution in [0.1, 0.15) is 35.2 Å². The molecule has 2 heterocycles. The highest BCUT2D eigenvalue weighted by Gasteiger charge is 2.14. The van der Waals surface area contributed by atoms with Crippen LogP contribution in [0, 0.1) is 5.82 Å². The van der Waals surface area contributed by atoms with Gasteiger partial charge in [-0.1, -0.05) is 71.9 Å². The summed E-state index contributed by atoms with van der Waals surface area (Å²) >= 11 is 7.42. The molecule has 226 valence electrons. The Morgan fingerprint density at radius 2 is 1.61 bits per heavy atom. The molecule has 0 aliphatic carbocycles. The fourth-order valence-corrected chi connectivity index (χ4v) is 5.87. The van der Waals surface area contributed by atoms with E-state index in [9.17, 15) is 14.0 Å². The molecular formula is C34H33ClFN5O2S. The summed E-state index contributed by atoms with van der Waals surface area (Å²) in [5.74, 6) is 0.275. The van der Waals surface area contributed by atoms with Gasteiger partial charge in [0.2, 0.25) is 5.91 Å². The molecule has 0 bridgehead atoms. The van der Waals surface area contributed by atoms with Crippen LogP contribution in [-0.2, 0) is 37.1 Å². The van der Waals surface area contributed by atoms with Gasteiger partial charge in [0.05, 0.1) is 5.69 Å². The topological polar surface area (TPSA) is 73.0 Å². The molecule has 0 aliphatic heterocycles. The van der Waals surface area contributed by atoms with Gasteiger partial charge in [0.1, 0.15) is 5.82 Å². The highest BCUT2D eigenvalue weighted by atomic mass is 35.5. The average Bonchev–Trinajstić information content (AvgIpc) is 3.43. The molecule has 0 aliphatic rings. The van der Waals surface area contributed by atoms with Crippen LogP contribution in [0.5, 0.6) is 0 Å². The Balaban J connectivity index is 1.22. The summed E-state index contributed by atoms with van der Waals surface area (Å²) in [7, 11) is 3.64. The SMILES string of the molecule is CN(Cc1ccc(-c2ccc(Cl)cc2)cc1)C(=O)CCCn1cc(Cc2ccn(C)n2)c(=O)nc1SCc1ccc(F)cc1. The highest BCUT2D eigenvalue weighted by Crippen LogP contribution is 2.23. The van der Waals surface area contributed by atoms with Crippen LogP contribution in [-0.4, -0.2) is 37.2 Å². The van der Waals surface area contributed by atoms with E-state index in [1.807, 2.05) is 85.7 Å². The molecule has 0 spiro atoms. The molecule has 1 amide bonds. The normalized spacial score (nSPS) is 11.1. The van der Waals surface area contributed by atoms with Gasteiger partial charge in [0, 0.05) is 68.8 Å². The first-order chi connectivity index (χ1) is 21.2. The largest absolute Gasteiger partial charge is 0.341 e. The lowest BCUT2D eigenvalue weighted by molar-refractivity contribution is -0.130. The third kappa shape index (κ3) is 8.45. The van der Waals surface area contributed by atoms with Crippen molar-refractivity contribution in [2.24, 2.45) is 7.05 Å². The minimum atomic E-state index is -0.300. The van der Waals surface area contributed by atoms with Crippen LogP contribution in [0.15, 0.2) is 101 Å². The summed E-state index contributed by atoms with van der Waals surface area (Å²) in [5, 5.41) is 5.66. The first-order valence-corrected chi connectivity index (χ1v) is 15.6. The van der Waals surface area contributed by atoms with E-state index in [1.54, 1.807) is 21.7 Å². The number of hydrogen-bond acceptors (Lipinski definition) is 5. The van der Waals surface area contributed by atoms with Gasteiger partial charge in [0.15, 0.2) is 5.16 Å². The molecule has 5 rings (SSSR count). The van der Waals surface area contributed by atoms with Gasteiger partial charge in [-0.2, -0.15) is 10.1 Å². The van der Waals surface area contributed by atoms with Crippen molar-refractivity contribution in [2.45, 2.75) is 43.3 Å². The molecule has 0 atom stereocenters. The Kier molecular flexibility index (Phi) is 10.3. The van der Waals surface area contributed by atoms with Crippen molar-refractivity contribution in [3.8, 4) is 11.1 Å². The standard InChI is InChI=1S/C34H33ClFN5O2S/c1-39(21-24-5-9-26(10-6-24)27-11-13-29(35)14-12-27)32(42)4-3-18-41-22-28(20-31-17-19-40(2)38-31)33(43)37-34(41)44-23-25-7-15-30(36)16-8-25/h5-17,19,22H,3-4,18,20-21,23H2,1-2H3. The van der Waals surface area contributed by atoms with E-state index in [4.69, 9.17) is 11.6 Å². The molecule has 10 heteroatoms. The Morgan fingerprint density at radius 1 is 0.955 bits per heavy atom. The molecule has 7 nitrogen and oxygen atoms in total. The van der Waals surface area contributed by atoms with Gasteiger partial charge in [-0.05, 0) is 59.0 Å². The lowest BCUT2D eigenvalue weighted by Gasteiger charge is -2.18. The van der Waals surface area contributed by atoms with Crippen LogP contribution in [0.2, 0.25) is 5.02 Å². The maximum absolute atomic E-state index is 13.4.